The van der Waals surface area contributed by atoms with E-state index in [1.807, 2.05) is 13.0 Å². The molecule has 0 amide bonds. The van der Waals surface area contributed by atoms with Crippen molar-refractivity contribution in [2.75, 3.05) is 18.5 Å². The number of hydrogen-bond donors (Lipinski definition) is 2. The largest absolute Gasteiger partial charge is 0.396 e. The number of nitrogens with one attached hydrogen (secondary N) is 1. The third-order valence-corrected chi connectivity index (χ3v) is 2.02. The third kappa shape index (κ3) is 3.34. The predicted molar refractivity (Wildman–Crippen MR) is 55.9 cm³/mol. The van der Waals surface area contributed by atoms with Crippen LogP contribution in [0.15, 0.2) is 18.2 Å². The molecule has 0 bridgehead atoms. The summed E-state index contributed by atoms with van der Waals surface area (Å²) in [4.78, 5) is 0. The van der Waals surface area contributed by atoms with Crippen LogP contribution in [-0.2, 0) is 0 Å². The number of anilines is 1. The third-order valence-electron chi connectivity index (χ3n) is 2.02. The lowest BCUT2D eigenvalue weighted by molar-refractivity contribution is 0.286. The van der Waals surface area contributed by atoms with E-state index in [0.29, 0.717) is 12.2 Å². The first-order chi connectivity index (χ1) is 6.74. The molecule has 0 aliphatic carbocycles. The minimum Gasteiger partial charge on any atom is -0.396 e. The van der Waals surface area contributed by atoms with Crippen LogP contribution in [0.4, 0.5) is 10.1 Å². The lowest BCUT2D eigenvalue weighted by Gasteiger charge is -2.07. The van der Waals surface area contributed by atoms with Crippen molar-refractivity contribution in [3.8, 4) is 0 Å². The van der Waals surface area contributed by atoms with Crippen molar-refractivity contribution >= 4 is 5.69 Å². The molecule has 1 aromatic carbocycles. The molecule has 2 nitrogen and oxygen atoms in total. The van der Waals surface area contributed by atoms with E-state index in [2.05, 4.69) is 5.32 Å². The molecule has 0 radical (unpaired) electrons. The molecule has 0 unspecified atom stereocenters. The molecule has 0 aromatic heterocycles. The van der Waals surface area contributed by atoms with Crippen LogP contribution < -0.4 is 5.32 Å². The Hall–Kier alpha value is -1.09. The summed E-state index contributed by atoms with van der Waals surface area (Å²) in [5, 5.41) is 11.5. The van der Waals surface area contributed by atoms with E-state index in [1.165, 1.54) is 6.07 Å². The summed E-state index contributed by atoms with van der Waals surface area (Å²) in [6.07, 6.45) is 1.60. The summed E-state index contributed by atoms with van der Waals surface area (Å²) in [6.45, 7) is 2.75. The van der Waals surface area contributed by atoms with Gasteiger partial charge in [-0.25, -0.2) is 4.39 Å². The molecule has 0 aliphatic heterocycles. The monoisotopic (exact) mass is 197 g/mol. The fourth-order valence-corrected chi connectivity index (χ4v) is 1.22. The van der Waals surface area contributed by atoms with Crippen LogP contribution in [0.3, 0.4) is 0 Å². The Morgan fingerprint density at radius 3 is 2.79 bits per heavy atom. The van der Waals surface area contributed by atoms with Crippen LogP contribution in [-0.4, -0.2) is 18.3 Å². The highest BCUT2D eigenvalue weighted by molar-refractivity contribution is 5.45. The number of benzene rings is 1. The lowest BCUT2D eigenvalue weighted by Crippen LogP contribution is -2.04. The SMILES string of the molecule is Cc1ccc(NCCCCO)c(F)c1. The van der Waals surface area contributed by atoms with Gasteiger partial charge in [-0.05, 0) is 37.5 Å². The summed E-state index contributed by atoms with van der Waals surface area (Å²) in [6, 6.07) is 5.12. The molecule has 1 rings (SSSR count). The second-order valence-electron chi connectivity index (χ2n) is 3.34. The maximum Gasteiger partial charge on any atom is 0.146 e. The Morgan fingerprint density at radius 2 is 2.14 bits per heavy atom. The summed E-state index contributed by atoms with van der Waals surface area (Å²) in [5.41, 5.74) is 1.46. The Labute approximate surface area is 83.8 Å². The highest BCUT2D eigenvalue weighted by Gasteiger charge is 2.00. The van der Waals surface area contributed by atoms with Gasteiger partial charge in [0, 0.05) is 13.2 Å². The first-order valence-corrected chi connectivity index (χ1v) is 4.85. The predicted octanol–water partition coefficient (Wildman–Crippen LogP) is 2.32. The van der Waals surface area contributed by atoms with E-state index < -0.39 is 0 Å². The first-order valence-electron chi connectivity index (χ1n) is 4.85. The van der Waals surface area contributed by atoms with Crippen molar-refractivity contribution in [2.24, 2.45) is 0 Å². The molecule has 0 atom stereocenters. The van der Waals surface area contributed by atoms with Crippen LogP contribution in [0.5, 0.6) is 0 Å². The van der Waals surface area contributed by atoms with Crippen LogP contribution in [0.2, 0.25) is 0 Å². The number of aliphatic hydroxyl groups is 1. The van der Waals surface area contributed by atoms with Gasteiger partial charge in [0.25, 0.3) is 0 Å². The van der Waals surface area contributed by atoms with Gasteiger partial charge in [0.05, 0.1) is 5.69 Å². The number of rotatable bonds is 5. The minimum absolute atomic E-state index is 0.193. The first kappa shape index (κ1) is 11.0. The Kier molecular flexibility index (Phi) is 4.40. The normalized spacial score (nSPS) is 10.2. The van der Waals surface area contributed by atoms with Gasteiger partial charge in [0.2, 0.25) is 0 Å². The van der Waals surface area contributed by atoms with E-state index >= 15 is 0 Å². The molecule has 0 spiro atoms. The van der Waals surface area contributed by atoms with E-state index in [9.17, 15) is 4.39 Å². The van der Waals surface area contributed by atoms with Crippen molar-refractivity contribution in [3.63, 3.8) is 0 Å². The average molecular weight is 197 g/mol. The molecule has 1 aromatic rings. The number of unbranched alkanes of at least 4 members (excludes halogenated alkanes) is 1. The molecule has 0 aliphatic rings. The lowest BCUT2D eigenvalue weighted by atomic mass is 10.2. The van der Waals surface area contributed by atoms with Crippen LogP contribution in [0.1, 0.15) is 18.4 Å². The summed E-state index contributed by atoms with van der Waals surface area (Å²) >= 11 is 0. The second kappa shape index (κ2) is 5.60. The maximum atomic E-state index is 13.2. The highest BCUT2D eigenvalue weighted by atomic mass is 19.1. The summed E-state index contributed by atoms with van der Waals surface area (Å²) in [7, 11) is 0. The zero-order valence-electron chi connectivity index (χ0n) is 8.39. The number of aryl methyl sites for hydroxylation is 1. The van der Waals surface area contributed by atoms with Crippen molar-refractivity contribution in [1.29, 1.82) is 0 Å². The summed E-state index contributed by atoms with van der Waals surface area (Å²) in [5.74, 6) is -0.214. The van der Waals surface area contributed by atoms with E-state index in [1.54, 1.807) is 6.07 Å². The smallest absolute Gasteiger partial charge is 0.146 e. The molecule has 2 N–H and O–H groups in total. The van der Waals surface area contributed by atoms with Crippen molar-refractivity contribution in [2.45, 2.75) is 19.8 Å². The molecular weight excluding hydrogens is 181 g/mol. The van der Waals surface area contributed by atoms with Gasteiger partial charge < -0.3 is 10.4 Å². The minimum atomic E-state index is -0.214. The van der Waals surface area contributed by atoms with Crippen LogP contribution >= 0.6 is 0 Å². The molecule has 78 valence electrons. The highest BCUT2D eigenvalue weighted by Crippen LogP contribution is 2.14. The Morgan fingerprint density at radius 1 is 1.36 bits per heavy atom. The van der Waals surface area contributed by atoms with Gasteiger partial charge in [-0.3, -0.25) is 0 Å². The van der Waals surface area contributed by atoms with Gasteiger partial charge in [0.15, 0.2) is 0 Å². The Bertz CT molecular complexity index is 289. The quantitative estimate of drug-likeness (QED) is 0.710. The molecule has 0 saturated carbocycles. The van der Waals surface area contributed by atoms with Crippen molar-refractivity contribution < 1.29 is 9.50 Å². The molecule has 0 fully saturated rings. The second-order valence-corrected chi connectivity index (χ2v) is 3.34. The molecule has 14 heavy (non-hydrogen) atoms. The molecule has 3 heteroatoms. The van der Waals surface area contributed by atoms with E-state index in [0.717, 1.165) is 18.4 Å². The van der Waals surface area contributed by atoms with Crippen LogP contribution in [0, 0.1) is 12.7 Å². The van der Waals surface area contributed by atoms with Gasteiger partial charge in [0.1, 0.15) is 5.82 Å². The number of hydrogen-bond acceptors (Lipinski definition) is 2. The molecule has 0 heterocycles. The van der Waals surface area contributed by atoms with Crippen molar-refractivity contribution in [3.05, 3.63) is 29.6 Å². The zero-order chi connectivity index (χ0) is 10.4. The van der Waals surface area contributed by atoms with Gasteiger partial charge >= 0.3 is 0 Å². The number of halogens is 1. The fraction of sp³-hybridized carbons (Fsp3) is 0.455. The van der Waals surface area contributed by atoms with Crippen molar-refractivity contribution in [1.82, 2.24) is 0 Å². The topological polar surface area (TPSA) is 32.3 Å². The van der Waals surface area contributed by atoms with E-state index in [4.69, 9.17) is 5.11 Å². The van der Waals surface area contributed by atoms with Gasteiger partial charge in [-0.2, -0.15) is 0 Å². The standard InChI is InChI=1S/C11H16FNO/c1-9-4-5-11(10(12)8-9)13-6-2-3-7-14/h4-5,8,13-14H,2-3,6-7H2,1H3. The fourth-order valence-electron chi connectivity index (χ4n) is 1.22. The van der Waals surface area contributed by atoms with Crippen LogP contribution in [0.25, 0.3) is 0 Å². The average Bonchev–Trinajstić information content (AvgIpc) is 2.15. The molecular formula is C11H16FNO. The molecule has 0 saturated heterocycles. The maximum absolute atomic E-state index is 13.2. The number of aliphatic hydroxyl groups excluding tert-OH is 1. The summed E-state index contributed by atoms with van der Waals surface area (Å²) < 4.78 is 13.2. The zero-order valence-corrected chi connectivity index (χ0v) is 8.39. The van der Waals surface area contributed by atoms with E-state index in [-0.39, 0.29) is 12.4 Å². The van der Waals surface area contributed by atoms with Gasteiger partial charge in [-0.15, -0.1) is 0 Å². The van der Waals surface area contributed by atoms with Gasteiger partial charge in [-0.1, -0.05) is 6.07 Å². The Balaban J connectivity index is 2.42.